The Labute approximate surface area is 96.0 Å². The zero-order valence-electron chi connectivity index (χ0n) is 10.2. The van der Waals surface area contributed by atoms with E-state index in [2.05, 4.69) is 10.1 Å². The van der Waals surface area contributed by atoms with Crippen molar-refractivity contribution in [3.8, 4) is 0 Å². The largest absolute Gasteiger partial charge is 0.330 e. The first-order valence-corrected chi connectivity index (χ1v) is 5.71. The van der Waals surface area contributed by atoms with E-state index >= 15 is 0 Å². The van der Waals surface area contributed by atoms with Crippen LogP contribution in [0.4, 0.5) is 0 Å². The minimum absolute atomic E-state index is 0.0580. The Hall–Kier alpha value is -1.23. The number of aromatic nitrogens is 3. The van der Waals surface area contributed by atoms with Gasteiger partial charge in [0.1, 0.15) is 17.9 Å². The Morgan fingerprint density at radius 1 is 1.56 bits per heavy atom. The molecule has 1 aromatic heterocycles. The number of nitrogens with zero attached hydrogens (tertiary/aromatic N) is 3. The molecular weight excluding hydrogens is 204 g/mol. The maximum absolute atomic E-state index is 11.9. The van der Waals surface area contributed by atoms with E-state index in [0.717, 1.165) is 12.2 Å². The van der Waals surface area contributed by atoms with Crippen LogP contribution in [0.5, 0.6) is 0 Å². The van der Waals surface area contributed by atoms with Gasteiger partial charge in [-0.15, -0.1) is 0 Å². The summed E-state index contributed by atoms with van der Waals surface area (Å²) >= 11 is 0. The van der Waals surface area contributed by atoms with E-state index in [0.29, 0.717) is 13.0 Å². The number of ketones is 1. The highest BCUT2D eigenvalue weighted by Gasteiger charge is 2.18. The van der Waals surface area contributed by atoms with E-state index in [-0.39, 0.29) is 17.7 Å². The average Bonchev–Trinajstić information content (AvgIpc) is 2.67. The number of carbonyl (C=O) groups excluding carboxylic acids is 1. The summed E-state index contributed by atoms with van der Waals surface area (Å²) in [6, 6.07) is 0.225. The molecule has 0 saturated heterocycles. The molecule has 5 nitrogen and oxygen atoms in total. The second kappa shape index (κ2) is 5.75. The van der Waals surface area contributed by atoms with Crippen molar-refractivity contribution < 1.29 is 4.79 Å². The summed E-state index contributed by atoms with van der Waals surface area (Å²) < 4.78 is 1.78. The van der Waals surface area contributed by atoms with E-state index in [1.807, 2.05) is 20.8 Å². The molecule has 0 radical (unpaired) electrons. The van der Waals surface area contributed by atoms with Crippen LogP contribution in [0.15, 0.2) is 6.33 Å². The molecule has 0 aliphatic carbocycles. The highest BCUT2D eigenvalue weighted by atomic mass is 16.1. The van der Waals surface area contributed by atoms with Crippen molar-refractivity contribution in [3.05, 3.63) is 12.2 Å². The summed E-state index contributed by atoms with van der Waals surface area (Å²) in [7, 11) is 0. The second-order valence-corrected chi connectivity index (χ2v) is 4.20. The van der Waals surface area contributed by atoms with Crippen molar-refractivity contribution in [3.63, 3.8) is 0 Å². The van der Waals surface area contributed by atoms with Gasteiger partial charge in [0.15, 0.2) is 0 Å². The lowest BCUT2D eigenvalue weighted by molar-refractivity contribution is -0.122. The molecule has 0 spiro atoms. The summed E-state index contributed by atoms with van der Waals surface area (Å²) in [5.74, 6) is 0.823. The average molecular weight is 224 g/mol. The van der Waals surface area contributed by atoms with Gasteiger partial charge in [0.2, 0.25) is 0 Å². The van der Waals surface area contributed by atoms with Crippen molar-refractivity contribution in [2.45, 2.75) is 39.7 Å². The lowest BCUT2D eigenvalue weighted by Gasteiger charge is -2.12. The maximum atomic E-state index is 11.9. The summed E-state index contributed by atoms with van der Waals surface area (Å²) in [5.41, 5.74) is 5.55. The monoisotopic (exact) mass is 224 g/mol. The molecule has 0 fully saturated rings. The normalized spacial score (nSPS) is 13.1. The topological polar surface area (TPSA) is 73.8 Å². The maximum Gasteiger partial charge on any atom is 0.144 e. The first-order valence-electron chi connectivity index (χ1n) is 5.71. The molecule has 0 amide bonds. The molecule has 2 N–H and O–H groups in total. The molecule has 16 heavy (non-hydrogen) atoms. The zero-order chi connectivity index (χ0) is 12.1. The van der Waals surface area contributed by atoms with Crippen molar-refractivity contribution in [2.75, 3.05) is 6.54 Å². The molecule has 0 aliphatic rings. The van der Waals surface area contributed by atoms with Crippen molar-refractivity contribution >= 4 is 5.78 Å². The van der Waals surface area contributed by atoms with Gasteiger partial charge >= 0.3 is 0 Å². The van der Waals surface area contributed by atoms with E-state index < -0.39 is 0 Å². The van der Waals surface area contributed by atoms with Crippen LogP contribution >= 0.6 is 0 Å². The van der Waals surface area contributed by atoms with E-state index in [1.54, 1.807) is 4.68 Å². The number of carbonyl (C=O) groups is 1. The van der Waals surface area contributed by atoms with Gasteiger partial charge in [-0.3, -0.25) is 4.79 Å². The number of hydrogen-bond donors (Lipinski definition) is 1. The van der Waals surface area contributed by atoms with Crippen LogP contribution in [0.25, 0.3) is 0 Å². The standard InChI is InChI=1S/C11H20N4O/c1-4-9(6-12)10(16)5-11-13-7-14-15(11)8(2)3/h7-9H,4-6,12H2,1-3H3. The predicted molar refractivity (Wildman–Crippen MR) is 62.0 cm³/mol. The Morgan fingerprint density at radius 2 is 2.25 bits per heavy atom. The summed E-state index contributed by atoms with van der Waals surface area (Å²) in [4.78, 5) is 16.0. The van der Waals surface area contributed by atoms with Gasteiger partial charge in [-0.25, -0.2) is 9.67 Å². The van der Waals surface area contributed by atoms with Gasteiger partial charge in [0, 0.05) is 18.5 Å². The van der Waals surface area contributed by atoms with Gasteiger partial charge in [-0.1, -0.05) is 6.92 Å². The predicted octanol–water partition coefficient (Wildman–Crippen LogP) is 0.955. The Morgan fingerprint density at radius 3 is 2.75 bits per heavy atom. The van der Waals surface area contributed by atoms with Gasteiger partial charge < -0.3 is 5.73 Å². The summed E-state index contributed by atoms with van der Waals surface area (Å²) in [5, 5.41) is 4.10. The van der Waals surface area contributed by atoms with Gasteiger partial charge in [-0.05, 0) is 20.3 Å². The molecule has 1 unspecified atom stereocenters. The van der Waals surface area contributed by atoms with Gasteiger partial charge in [0.05, 0.1) is 6.42 Å². The minimum Gasteiger partial charge on any atom is -0.330 e. The van der Waals surface area contributed by atoms with Crippen molar-refractivity contribution in [2.24, 2.45) is 11.7 Å². The highest BCUT2D eigenvalue weighted by Crippen LogP contribution is 2.10. The second-order valence-electron chi connectivity index (χ2n) is 4.20. The first-order chi connectivity index (χ1) is 7.60. The van der Waals surface area contributed by atoms with E-state index in [1.165, 1.54) is 6.33 Å². The summed E-state index contributed by atoms with van der Waals surface area (Å²) in [6.07, 6.45) is 2.60. The third kappa shape index (κ3) is 2.88. The number of rotatable bonds is 6. The number of hydrogen-bond acceptors (Lipinski definition) is 4. The quantitative estimate of drug-likeness (QED) is 0.781. The fourth-order valence-electron chi connectivity index (χ4n) is 1.66. The van der Waals surface area contributed by atoms with Crippen LogP contribution in [0.3, 0.4) is 0 Å². The minimum atomic E-state index is -0.0580. The van der Waals surface area contributed by atoms with Crippen LogP contribution in [-0.2, 0) is 11.2 Å². The Balaban J connectivity index is 2.72. The molecular formula is C11H20N4O. The molecule has 0 bridgehead atoms. The first kappa shape index (κ1) is 12.8. The molecule has 1 aromatic rings. The fourth-order valence-corrected chi connectivity index (χ4v) is 1.66. The zero-order valence-corrected chi connectivity index (χ0v) is 10.2. The molecule has 90 valence electrons. The van der Waals surface area contributed by atoms with Crippen molar-refractivity contribution in [1.29, 1.82) is 0 Å². The van der Waals surface area contributed by atoms with Gasteiger partial charge in [-0.2, -0.15) is 5.10 Å². The molecule has 0 saturated carbocycles. The van der Waals surface area contributed by atoms with Gasteiger partial charge in [0.25, 0.3) is 0 Å². The SMILES string of the molecule is CCC(CN)C(=O)Cc1ncnn1C(C)C. The third-order valence-electron chi connectivity index (χ3n) is 2.70. The van der Waals surface area contributed by atoms with E-state index in [9.17, 15) is 4.79 Å². The smallest absolute Gasteiger partial charge is 0.144 e. The van der Waals surface area contributed by atoms with E-state index in [4.69, 9.17) is 5.73 Å². The molecule has 1 atom stereocenters. The molecule has 0 aromatic carbocycles. The van der Waals surface area contributed by atoms with Crippen LogP contribution in [0.1, 0.15) is 39.1 Å². The van der Waals surface area contributed by atoms with Crippen LogP contribution in [0.2, 0.25) is 0 Å². The summed E-state index contributed by atoms with van der Waals surface area (Å²) in [6.45, 7) is 6.42. The lowest BCUT2D eigenvalue weighted by Crippen LogP contribution is -2.26. The van der Waals surface area contributed by atoms with Crippen LogP contribution in [-0.4, -0.2) is 27.1 Å². The molecule has 1 heterocycles. The Kier molecular flexibility index (Phi) is 4.61. The Bertz CT molecular complexity index is 342. The fraction of sp³-hybridized carbons (Fsp3) is 0.727. The highest BCUT2D eigenvalue weighted by molar-refractivity contribution is 5.82. The van der Waals surface area contributed by atoms with Crippen molar-refractivity contribution in [1.82, 2.24) is 14.8 Å². The molecule has 0 aliphatic heterocycles. The van der Waals surface area contributed by atoms with Crippen LogP contribution in [0, 0.1) is 5.92 Å². The molecule has 1 rings (SSSR count). The third-order valence-corrected chi connectivity index (χ3v) is 2.70. The van der Waals surface area contributed by atoms with Crippen LogP contribution < -0.4 is 5.73 Å². The number of nitrogens with two attached hydrogens (primary N) is 1. The molecule has 5 heteroatoms. The lowest BCUT2D eigenvalue weighted by atomic mass is 9.99. The number of Topliss-reactive ketones (excluding diaryl/α,β-unsaturated/α-hetero) is 1.